The standard InChI is InChI=1S/C15H18BrN3O2/c1-4-21-15(20)11-8-18-19(3)14(11)9-17-13-6-5-10(2)7-12(13)16/h5-8,17H,4,9H2,1-3H3. The van der Waals surface area contributed by atoms with E-state index >= 15 is 0 Å². The molecule has 0 amide bonds. The van der Waals surface area contributed by atoms with Gasteiger partial charge in [-0.25, -0.2) is 4.79 Å². The summed E-state index contributed by atoms with van der Waals surface area (Å²) in [6.45, 7) is 4.67. The molecule has 112 valence electrons. The van der Waals surface area contributed by atoms with Crippen molar-refractivity contribution < 1.29 is 9.53 Å². The van der Waals surface area contributed by atoms with E-state index in [-0.39, 0.29) is 5.97 Å². The molecule has 0 radical (unpaired) electrons. The number of esters is 1. The third-order valence-corrected chi connectivity index (χ3v) is 3.78. The lowest BCUT2D eigenvalue weighted by Crippen LogP contribution is -2.12. The van der Waals surface area contributed by atoms with Gasteiger partial charge in [0.2, 0.25) is 0 Å². The van der Waals surface area contributed by atoms with Crippen LogP contribution in [0.2, 0.25) is 0 Å². The minimum Gasteiger partial charge on any atom is -0.462 e. The van der Waals surface area contributed by atoms with Gasteiger partial charge in [0.15, 0.2) is 0 Å². The van der Waals surface area contributed by atoms with E-state index in [0.29, 0.717) is 18.7 Å². The van der Waals surface area contributed by atoms with Gasteiger partial charge in [-0.3, -0.25) is 4.68 Å². The number of carbonyl (C=O) groups excluding carboxylic acids is 1. The maximum Gasteiger partial charge on any atom is 0.341 e. The molecule has 0 aliphatic heterocycles. The van der Waals surface area contributed by atoms with Crippen LogP contribution in [-0.2, 0) is 18.3 Å². The number of carbonyl (C=O) groups is 1. The summed E-state index contributed by atoms with van der Waals surface area (Å²) in [5.74, 6) is -0.342. The highest BCUT2D eigenvalue weighted by molar-refractivity contribution is 9.10. The number of anilines is 1. The van der Waals surface area contributed by atoms with Crippen LogP contribution < -0.4 is 5.32 Å². The average molecular weight is 352 g/mol. The SMILES string of the molecule is CCOC(=O)c1cnn(C)c1CNc1ccc(C)cc1Br. The van der Waals surface area contributed by atoms with Crippen molar-refractivity contribution in [3.8, 4) is 0 Å². The minimum absolute atomic E-state index is 0.342. The summed E-state index contributed by atoms with van der Waals surface area (Å²) in [7, 11) is 1.81. The molecule has 0 saturated carbocycles. The Hall–Kier alpha value is -1.82. The highest BCUT2D eigenvalue weighted by atomic mass is 79.9. The van der Waals surface area contributed by atoms with Gasteiger partial charge in [0.1, 0.15) is 5.56 Å². The summed E-state index contributed by atoms with van der Waals surface area (Å²) >= 11 is 3.53. The van der Waals surface area contributed by atoms with Crippen molar-refractivity contribution in [1.82, 2.24) is 9.78 Å². The van der Waals surface area contributed by atoms with Crippen LogP contribution in [0.5, 0.6) is 0 Å². The first-order valence-electron chi connectivity index (χ1n) is 6.71. The lowest BCUT2D eigenvalue weighted by atomic mass is 10.2. The molecule has 0 aliphatic carbocycles. The maximum atomic E-state index is 11.9. The molecule has 0 aliphatic rings. The van der Waals surface area contributed by atoms with Crippen LogP contribution in [0.3, 0.4) is 0 Å². The van der Waals surface area contributed by atoms with Crippen molar-refractivity contribution in [2.24, 2.45) is 7.05 Å². The van der Waals surface area contributed by atoms with E-state index in [9.17, 15) is 4.79 Å². The third kappa shape index (κ3) is 3.64. The normalized spacial score (nSPS) is 10.5. The number of nitrogens with zero attached hydrogens (tertiary/aromatic N) is 2. The number of nitrogens with one attached hydrogen (secondary N) is 1. The average Bonchev–Trinajstić information content (AvgIpc) is 2.79. The largest absolute Gasteiger partial charge is 0.462 e. The van der Waals surface area contributed by atoms with E-state index < -0.39 is 0 Å². The van der Waals surface area contributed by atoms with Crippen LogP contribution in [0.25, 0.3) is 0 Å². The predicted molar refractivity (Wildman–Crippen MR) is 85.4 cm³/mol. The van der Waals surface area contributed by atoms with E-state index in [1.807, 2.05) is 32.2 Å². The van der Waals surface area contributed by atoms with Crippen LogP contribution in [-0.4, -0.2) is 22.4 Å². The Bertz CT molecular complexity index is 652. The first-order valence-corrected chi connectivity index (χ1v) is 7.50. The molecule has 5 nitrogen and oxygen atoms in total. The van der Waals surface area contributed by atoms with E-state index in [2.05, 4.69) is 26.3 Å². The molecule has 0 atom stereocenters. The first-order chi connectivity index (χ1) is 10.0. The Kier molecular flexibility index (Phi) is 5.01. The molecule has 2 rings (SSSR count). The molecular weight excluding hydrogens is 334 g/mol. The zero-order valence-corrected chi connectivity index (χ0v) is 13.9. The second kappa shape index (κ2) is 6.76. The maximum absolute atomic E-state index is 11.9. The molecule has 0 fully saturated rings. The topological polar surface area (TPSA) is 56.1 Å². The number of hydrogen-bond acceptors (Lipinski definition) is 4. The zero-order chi connectivity index (χ0) is 15.4. The van der Waals surface area contributed by atoms with Gasteiger partial charge in [-0.2, -0.15) is 5.10 Å². The number of aromatic nitrogens is 2. The molecule has 6 heteroatoms. The number of aryl methyl sites for hydroxylation is 2. The monoisotopic (exact) mass is 351 g/mol. The lowest BCUT2D eigenvalue weighted by molar-refractivity contribution is 0.0525. The molecule has 1 aromatic heterocycles. The van der Waals surface area contributed by atoms with Crippen molar-refractivity contribution in [2.75, 3.05) is 11.9 Å². The molecule has 2 aromatic rings. The highest BCUT2D eigenvalue weighted by Gasteiger charge is 2.17. The van der Waals surface area contributed by atoms with Gasteiger partial charge in [-0.05, 0) is 47.5 Å². The van der Waals surface area contributed by atoms with Crippen molar-refractivity contribution in [3.05, 3.63) is 45.7 Å². The smallest absolute Gasteiger partial charge is 0.341 e. The van der Waals surface area contributed by atoms with Gasteiger partial charge in [0.05, 0.1) is 25.0 Å². The van der Waals surface area contributed by atoms with Gasteiger partial charge in [0, 0.05) is 17.2 Å². The molecule has 0 unspecified atom stereocenters. The number of benzene rings is 1. The lowest BCUT2D eigenvalue weighted by Gasteiger charge is -2.11. The summed E-state index contributed by atoms with van der Waals surface area (Å²) in [4.78, 5) is 11.9. The summed E-state index contributed by atoms with van der Waals surface area (Å²) in [5.41, 5.74) is 3.44. The van der Waals surface area contributed by atoms with Crippen LogP contribution in [0, 0.1) is 6.92 Å². The number of halogens is 1. The number of ether oxygens (including phenoxy) is 1. The second-order valence-corrected chi connectivity index (χ2v) is 5.54. The Morgan fingerprint density at radius 1 is 1.48 bits per heavy atom. The summed E-state index contributed by atoms with van der Waals surface area (Å²) in [6.07, 6.45) is 1.54. The van der Waals surface area contributed by atoms with Gasteiger partial charge in [0.25, 0.3) is 0 Å². The van der Waals surface area contributed by atoms with Crippen LogP contribution in [0.1, 0.15) is 28.5 Å². The van der Waals surface area contributed by atoms with Crippen molar-refractivity contribution >= 4 is 27.6 Å². The van der Waals surface area contributed by atoms with Crippen LogP contribution >= 0.6 is 15.9 Å². The second-order valence-electron chi connectivity index (χ2n) is 4.69. The Morgan fingerprint density at radius 2 is 2.24 bits per heavy atom. The minimum atomic E-state index is -0.342. The molecule has 0 bridgehead atoms. The van der Waals surface area contributed by atoms with Gasteiger partial charge in [-0.15, -0.1) is 0 Å². The van der Waals surface area contributed by atoms with E-state index in [4.69, 9.17) is 4.74 Å². The Morgan fingerprint density at radius 3 is 2.90 bits per heavy atom. The molecule has 1 aromatic carbocycles. The highest BCUT2D eigenvalue weighted by Crippen LogP contribution is 2.24. The number of rotatable bonds is 5. The van der Waals surface area contributed by atoms with Gasteiger partial charge >= 0.3 is 5.97 Å². The fourth-order valence-electron chi connectivity index (χ4n) is 1.99. The third-order valence-electron chi connectivity index (χ3n) is 3.13. The van der Waals surface area contributed by atoms with E-state index in [1.54, 1.807) is 17.8 Å². The summed E-state index contributed by atoms with van der Waals surface area (Å²) in [5, 5.41) is 7.44. The fraction of sp³-hybridized carbons (Fsp3) is 0.333. The van der Waals surface area contributed by atoms with Crippen molar-refractivity contribution in [2.45, 2.75) is 20.4 Å². The zero-order valence-electron chi connectivity index (χ0n) is 12.3. The van der Waals surface area contributed by atoms with Gasteiger partial charge in [-0.1, -0.05) is 6.07 Å². The van der Waals surface area contributed by atoms with Crippen molar-refractivity contribution in [1.29, 1.82) is 0 Å². The molecular formula is C15H18BrN3O2. The summed E-state index contributed by atoms with van der Waals surface area (Å²) < 4.78 is 7.71. The number of hydrogen-bond donors (Lipinski definition) is 1. The molecule has 1 N–H and O–H groups in total. The Labute approximate surface area is 132 Å². The molecule has 21 heavy (non-hydrogen) atoms. The molecule has 0 saturated heterocycles. The molecule has 0 spiro atoms. The fourth-order valence-corrected chi connectivity index (χ4v) is 2.63. The first kappa shape index (κ1) is 15.6. The quantitative estimate of drug-likeness (QED) is 0.839. The van der Waals surface area contributed by atoms with E-state index in [0.717, 1.165) is 15.9 Å². The summed E-state index contributed by atoms with van der Waals surface area (Å²) in [6, 6.07) is 6.07. The predicted octanol–water partition coefficient (Wildman–Crippen LogP) is 3.28. The van der Waals surface area contributed by atoms with Crippen LogP contribution in [0.4, 0.5) is 5.69 Å². The molecule has 1 heterocycles. The van der Waals surface area contributed by atoms with Crippen LogP contribution in [0.15, 0.2) is 28.9 Å². The van der Waals surface area contributed by atoms with Crippen molar-refractivity contribution in [3.63, 3.8) is 0 Å². The Balaban J connectivity index is 2.16. The van der Waals surface area contributed by atoms with Gasteiger partial charge < -0.3 is 10.1 Å². The van der Waals surface area contributed by atoms with E-state index in [1.165, 1.54) is 5.56 Å².